The van der Waals surface area contributed by atoms with E-state index in [1.807, 2.05) is 6.92 Å². The van der Waals surface area contributed by atoms with Crippen molar-refractivity contribution in [3.63, 3.8) is 0 Å². The van der Waals surface area contributed by atoms with Crippen LogP contribution in [0.3, 0.4) is 0 Å². The Morgan fingerprint density at radius 2 is 2.00 bits per heavy atom. The van der Waals surface area contributed by atoms with Crippen LogP contribution in [-0.4, -0.2) is 50.3 Å². The highest BCUT2D eigenvalue weighted by Crippen LogP contribution is 2.38. The SMILES string of the molecule is CCNC(=NCCc1ccc(C(F)(F)F)cc1)N1CCC2(CCOC2)C1.I. The van der Waals surface area contributed by atoms with Crippen LogP contribution in [0.15, 0.2) is 29.3 Å². The van der Waals surface area contributed by atoms with Gasteiger partial charge < -0.3 is 15.0 Å². The molecule has 1 aromatic rings. The fourth-order valence-corrected chi connectivity index (χ4v) is 3.66. The average Bonchev–Trinajstić information content (AvgIpc) is 3.24. The van der Waals surface area contributed by atoms with Gasteiger partial charge in [-0.3, -0.25) is 4.99 Å². The van der Waals surface area contributed by atoms with E-state index in [-0.39, 0.29) is 29.4 Å². The second-order valence-electron chi connectivity index (χ2n) is 7.15. The fraction of sp³-hybridized carbons (Fsp3) is 0.632. The van der Waals surface area contributed by atoms with Crippen molar-refractivity contribution in [1.82, 2.24) is 10.2 Å². The summed E-state index contributed by atoms with van der Waals surface area (Å²) in [6, 6.07) is 5.33. The van der Waals surface area contributed by atoms with Crippen molar-refractivity contribution in [2.75, 3.05) is 39.4 Å². The molecule has 2 heterocycles. The molecule has 0 aromatic heterocycles. The van der Waals surface area contributed by atoms with E-state index < -0.39 is 11.7 Å². The number of hydrogen-bond donors (Lipinski definition) is 1. The molecule has 0 bridgehead atoms. The highest BCUT2D eigenvalue weighted by molar-refractivity contribution is 14.0. The van der Waals surface area contributed by atoms with Gasteiger partial charge in [0.2, 0.25) is 0 Å². The van der Waals surface area contributed by atoms with Crippen LogP contribution in [0.4, 0.5) is 13.2 Å². The number of ether oxygens (including phenoxy) is 1. The standard InChI is InChI=1S/C19H26F3N3O.HI/c1-2-23-17(25-11-8-18(13-25)9-12-26-14-18)24-10-7-15-3-5-16(6-4-15)19(20,21)22;/h3-6H,2,7-14H2,1H3,(H,23,24);1H. The third kappa shape index (κ3) is 5.73. The number of aliphatic imine (C=N–C) groups is 1. The summed E-state index contributed by atoms with van der Waals surface area (Å²) in [6.45, 7) is 6.97. The Morgan fingerprint density at radius 1 is 1.26 bits per heavy atom. The zero-order valence-corrected chi connectivity index (χ0v) is 17.8. The zero-order valence-electron chi connectivity index (χ0n) is 15.5. The van der Waals surface area contributed by atoms with Crippen LogP contribution in [0.1, 0.15) is 30.9 Å². The summed E-state index contributed by atoms with van der Waals surface area (Å²) >= 11 is 0. The molecule has 2 fully saturated rings. The maximum Gasteiger partial charge on any atom is 0.416 e. The number of alkyl halides is 3. The van der Waals surface area contributed by atoms with Crippen molar-refractivity contribution >= 4 is 29.9 Å². The van der Waals surface area contributed by atoms with E-state index in [2.05, 4.69) is 15.2 Å². The Morgan fingerprint density at radius 3 is 2.59 bits per heavy atom. The third-order valence-corrected chi connectivity index (χ3v) is 5.20. The number of likely N-dealkylation sites (tertiary alicyclic amines) is 1. The molecule has 0 saturated carbocycles. The second kappa shape index (κ2) is 9.45. The van der Waals surface area contributed by atoms with E-state index in [1.54, 1.807) is 0 Å². The van der Waals surface area contributed by atoms with Crippen molar-refractivity contribution in [1.29, 1.82) is 0 Å². The number of rotatable bonds is 4. The van der Waals surface area contributed by atoms with Crippen LogP contribution >= 0.6 is 24.0 Å². The molecule has 1 aromatic carbocycles. The van der Waals surface area contributed by atoms with E-state index in [1.165, 1.54) is 12.1 Å². The fourth-order valence-electron chi connectivity index (χ4n) is 3.66. The molecule has 2 aliphatic heterocycles. The van der Waals surface area contributed by atoms with Gasteiger partial charge in [0, 0.05) is 38.2 Å². The Balaban J connectivity index is 0.00000261. The van der Waals surface area contributed by atoms with Gasteiger partial charge in [-0.05, 0) is 43.9 Å². The normalized spacial score (nSPS) is 23.0. The summed E-state index contributed by atoms with van der Waals surface area (Å²) in [5.74, 6) is 0.892. The van der Waals surface area contributed by atoms with Gasteiger partial charge in [0.25, 0.3) is 0 Å². The van der Waals surface area contributed by atoms with Crippen molar-refractivity contribution in [3.8, 4) is 0 Å². The monoisotopic (exact) mass is 497 g/mol. The van der Waals surface area contributed by atoms with Crippen LogP contribution in [0.5, 0.6) is 0 Å². The number of nitrogens with one attached hydrogen (secondary N) is 1. The lowest BCUT2D eigenvalue weighted by atomic mass is 9.87. The Hall–Kier alpha value is -1.03. The molecule has 8 heteroatoms. The lowest BCUT2D eigenvalue weighted by Gasteiger charge is -2.25. The molecule has 4 nitrogen and oxygen atoms in total. The first kappa shape index (κ1) is 22.3. The molecule has 27 heavy (non-hydrogen) atoms. The number of halogens is 4. The van der Waals surface area contributed by atoms with Crippen molar-refractivity contribution in [3.05, 3.63) is 35.4 Å². The lowest BCUT2D eigenvalue weighted by molar-refractivity contribution is -0.137. The van der Waals surface area contributed by atoms with Crippen molar-refractivity contribution in [2.24, 2.45) is 10.4 Å². The van der Waals surface area contributed by atoms with Gasteiger partial charge in [-0.1, -0.05) is 12.1 Å². The molecule has 2 aliphatic rings. The number of hydrogen-bond acceptors (Lipinski definition) is 2. The third-order valence-electron chi connectivity index (χ3n) is 5.20. The molecule has 2 saturated heterocycles. The van der Waals surface area contributed by atoms with Gasteiger partial charge in [0.05, 0.1) is 12.2 Å². The van der Waals surface area contributed by atoms with Crippen molar-refractivity contribution < 1.29 is 17.9 Å². The predicted octanol–water partition coefficient (Wildman–Crippen LogP) is 3.94. The summed E-state index contributed by atoms with van der Waals surface area (Å²) in [7, 11) is 0. The second-order valence-corrected chi connectivity index (χ2v) is 7.15. The minimum Gasteiger partial charge on any atom is -0.381 e. The molecule has 1 N–H and O–H groups in total. The zero-order chi connectivity index (χ0) is 18.6. The first-order valence-electron chi connectivity index (χ1n) is 9.19. The maximum atomic E-state index is 12.6. The predicted molar refractivity (Wildman–Crippen MR) is 111 cm³/mol. The van der Waals surface area contributed by atoms with Crippen LogP contribution in [0, 0.1) is 5.41 Å². The van der Waals surface area contributed by atoms with E-state index in [0.29, 0.717) is 13.0 Å². The lowest BCUT2D eigenvalue weighted by Crippen LogP contribution is -2.41. The van der Waals surface area contributed by atoms with Crippen LogP contribution in [-0.2, 0) is 17.3 Å². The molecule has 0 radical (unpaired) electrons. The first-order valence-corrected chi connectivity index (χ1v) is 9.19. The first-order chi connectivity index (χ1) is 12.4. The Bertz CT molecular complexity index is 628. The van der Waals surface area contributed by atoms with E-state index in [9.17, 15) is 13.2 Å². The molecular weight excluding hydrogens is 470 g/mol. The largest absolute Gasteiger partial charge is 0.416 e. The van der Waals surface area contributed by atoms with E-state index in [0.717, 1.165) is 69.3 Å². The molecule has 3 rings (SSSR count). The Kier molecular flexibility index (Phi) is 7.79. The highest BCUT2D eigenvalue weighted by atomic mass is 127. The number of nitrogens with zero attached hydrogens (tertiary/aromatic N) is 2. The summed E-state index contributed by atoms with van der Waals surface area (Å²) in [6.07, 6.45) is -1.44. The minimum atomic E-state index is -4.29. The minimum absolute atomic E-state index is 0. The van der Waals surface area contributed by atoms with Crippen LogP contribution in [0.2, 0.25) is 0 Å². The summed E-state index contributed by atoms with van der Waals surface area (Å²) in [4.78, 5) is 6.97. The highest BCUT2D eigenvalue weighted by Gasteiger charge is 2.42. The summed E-state index contributed by atoms with van der Waals surface area (Å²) in [5, 5.41) is 3.33. The van der Waals surface area contributed by atoms with Gasteiger partial charge in [-0.2, -0.15) is 13.2 Å². The maximum absolute atomic E-state index is 12.6. The molecule has 1 atom stereocenters. The van der Waals surface area contributed by atoms with E-state index >= 15 is 0 Å². The molecule has 152 valence electrons. The van der Waals surface area contributed by atoms with Gasteiger partial charge in [0.15, 0.2) is 5.96 Å². The molecule has 0 amide bonds. The molecule has 1 unspecified atom stereocenters. The van der Waals surface area contributed by atoms with E-state index in [4.69, 9.17) is 4.74 Å². The topological polar surface area (TPSA) is 36.9 Å². The van der Waals surface area contributed by atoms with Crippen LogP contribution < -0.4 is 5.32 Å². The number of guanidine groups is 1. The Labute approximate surface area is 175 Å². The van der Waals surface area contributed by atoms with Gasteiger partial charge in [-0.15, -0.1) is 24.0 Å². The van der Waals surface area contributed by atoms with Gasteiger partial charge >= 0.3 is 6.18 Å². The van der Waals surface area contributed by atoms with Gasteiger partial charge in [0.1, 0.15) is 0 Å². The van der Waals surface area contributed by atoms with Crippen LogP contribution in [0.25, 0.3) is 0 Å². The molecular formula is C19H27F3IN3O. The molecule has 1 spiro atoms. The quantitative estimate of drug-likeness (QED) is 0.389. The summed E-state index contributed by atoms with van der Waals surface area (Å²) in [5.41, 5.74) is 0.516. The van der Waals surface area contributed by atoms with Crippen molar-refractivity contribution in [2.45, 2.75) is 32.4 Å². The smallest absolute Gasteiger partial charge is 0.381 e. The number of benzene rings is 1. The van der Waals surface area contributed by atoms with Gasteiger partial charge in [-0.25, -0.2) is 0 Å². The summed E-state index contributed by atoms with van der Waals surface area (Å²) < 4.78 is 43.4. The average molecular weight is 497 g/mol. The molecule has 0 aliphatic carbocycles.